The summed E-state index contributed by atoms with van der Waals surface area (Å²) in [5.41, 5.74) is -1.16. The summed E-state index contributed by atoms with van der Waals surface area (Å²) in [5.74, 6) is -1.80. The molecule has 1 aromatic rings. The summed E-state index contributed by atoms with van der Waals surface area (Å²) in [5, 5.41) is 0. The Bertz CT molecular complexity index is 990. The highest BCUT2D eigenvalue weighted by atomic mass is 16.5. The van der Waals surface area contributed by atoms with Crippen LogP contribution in [0, 0.1) is 10.8 Å². The summed E-state index contributed by atoms with van der Waals surface area (Å²) in [6, 6.07) is 7.14. The number of nitrogens with zero attached hydrogens (tertiary/aromatic N) is 1. The first-order valence-electron chi connectivity index (χ1n) is 10.9. The SMILES string of the molecule is COC(=O)C1c2ccccc2[C@]23CC(=O)C[C@@]4(CCCN(C=O)[C@@H]42)CC[C@]13C(=O)OC. The molecule has 1 heterocycles. The highest BCUT2D eigenvalue weighted by molar-refractivity contribution is 5.97. The molecular weight excluding hydrogens is 398 g/mol. The number of fused-ring (bicyclic) bond motifs is 1. The predicted octanol–water partition coefficient (Wildman–Crippen LogP) is 2.12. The van der Waals surface area contributed by atoms with Crippen LogP contribution in [-0.4, -0.2) is 55.8 Å². The first-order valence-corrected chi connectivity index (χ1v) is 10.9. The Morgan fingerprint density at radius 1 is 1.10 bits per heavy atom. The molecule has 2 bridgehead atoms. The molecule has 3 fully saturated rings. The zero-order valence-electron chi connectivity index (χ0n) is 17.9. The molecule has 5 atom stereocenters. The van der Waals surface area contributed by atoms with Crippen molar-refractivity contribution in [3.8, 4) is 0 Å². The van der Waals surface area contributed by atoms with Crippen molar-refractivity contribution in [1.82, 2.24) is 4.90 Å². The third-order valence-corrected chi connectivity index (χ3v) is 8.68. The summed E-state index contributed by atoms with van der Waals surface area (Å²) in [7, 11) is 2.64. The van der Waals surface area contributed by atoms with Crippen molar-refractivity contribution in [2.75, 3.05) is 20.8 Å². The number of amides is 1. The number of ketones is 1. The fraction of sp³-hybridized carbons (Fsp3) is 0.583. The zero-order chi connectivity index (χ0) is 22.0. The summed E-state index contributed by atoms with van der Waals surface area (Å²) in [4.78, 5) is 54.3. The van der Waals surface area contributed by atoms with E-state index in [4.69, 9.17) is 9.47 Å². The van der Waals surface area contributed by atoms with Gasteiger partial charge in [0.25, 0.3) is 0 Å². The number of Topliss-reactive ketones (excluding diaryl/α,β-unsaturated/α-hetero) is 1. The fourth-order valence-corrected chi connectivity index (χ4v) is 7.95. The molecule has 164 valence electrons. The van der Waals surface area contributed by atoms with Crippen LogP contribution in [-0.2, 0) is 34.1 Å². The number of benzene rings is 1. The largest absolute Gasteiger partial charge is 0.469 e. The van der Waals surface area contributed by atoms with Gasteiger partial charge in [-0.3, -0.25) is 19.2 Å². The Balaban J connectivity index is 1.89. The second kappa shape index (κ2) is 6.65. The standard InChI is InChI=1S/C24H27NO6/c1-30-19(28)18-16-6-3-4-7-17(16)24-13-15(27)12-22(8-5-11-25(14-26)20(22)24)9-10-23(18,24)21(29)31-2/h3-4,6-7,14,18,20H,5,8-13H2,1-2H3/t18?,20-,22+,23+,24+/m0/s1. The molecule has 3 aliphatic carbocycles. The van der Waals surface area contributed by atoms with Crippen LogP contribution in [0.15, 0.2) is 24.3 Å². The Morgan fingerprint density at radius 2 is 1.87 bits per heavy atom. The number of likely N-dealkylation sites (tertiary alicyclic amines) is 1. The van der Waals surface area contributed by atoms with E-state index in [2.05, 4.69) is 0 Å². The molecular formula is C24H27NO6. The number of piperidine rings is 1. The number of carbonyl (C=O) groups is 4. The second-order valence-electron chi connectivity index (χ2n) is 9.58. The van der Waals surface area contributed by atoms with E-state index in [-0.39, 0.29) is 23.7 Å². The van der Waals surface area contributed by atoms with Crippen LogP contribution in [0.2, 0.25) is 0 Å². The normalized spacial score (nSPS) is 37.9. The smallest absolute Gasteiger partial charge is 0.314 e. The lowest BCUT2D eigenvalue weighted by Crippen LogP contribution is -2.74. The third-order valence-electron chi connectivity index (χ3n) is 8.68. The minimum atomic E-state index is -1.29. The number of esters is 2. The van der Waals surface area contributed by atoms with Gasteiger partial charge in [0.05, 0.1) is 25.6 Å². The van der Waals surface area contributed by atoms with Crippen molar-refractivity contribution >= 4 is 24.1 Å². The Kier molecular flexibility index (Phi) is 4.33. The molecule has 2 saturated carbocycles. The number of ether oxygens (including phenoxy) is 2. The molecule has 1 saturated heterocycles. The molecule has 0 N–H and O–H groups in total. The molecule has 1 unspecified atom stereocenters. The van der Waals surface area contributed by atoms with Crippen LogP contribution in [0.1, 0.15) is 55.6 Å². The molecule has 1 aromatic carbocycles. The van der Waals surface area contributed by atoms with Gasteiger partial charge >= 0.3 is 11.9 Å². The van der Waals surface area contributed by atoms with Crippen LogP contribution in [0.25, 0.3) is 0 Å². The monoisotopic (exact) mass is 425 g/mol. The number of carbonyl (C=O) groups excluding carboxylic acids is 4. The van der Waals surface area contributed by atoms with Gasteiger partial charge < -0.3 is 14.4 Å². The van der Waals surface area contributed by atoms with Gasteiger partial charge in [0.15, 0.2) is 0 Å². The second-order valence-corrected chi connectivity index (χ2v) is 9.58. The van der Waals surface area contributed by atoms with E-state index < -0.39 is 28.7 Å². The van der Waals surface area contributed by atoms with E-state index >= 15 is 0 Å². The van der Waals surface area contributed by atoms with Crippen LogP contribution in [0.3, 0.4) is 0 Å². The van der Waals surface area contributed by atoms with Crippen molar-refractivity contribution in [2.45, 2.75) is 55.9 Å². The van der Waals surface area contributed by atoms with E-state index in [9.17, 15) is 19.2 Å². The van der Waals surface area contributed by atoms with Gasteiger partial charge in [-0.15, -0.1) is 0 Å². The molecule has 7 heteroatoms. The molecule has 0 aromatic heterocycles. The van der Waals surface area contributed by atoms with Crippen molar-refractivity contribution in [2.24, 2.45) is 10.8 Å². The first kappa shape index (κ1) is 20.2. The molecule has 1 spiro atoms. The summed E-state index contributed by atoms with van der Waals surface area (Å²) < 4.78 is 10.5. The highest BCUT2D eigenvalue weighted by Crippen LogP contribution is 2.74. The minimum Gasteiger partial charge on any atom is -0.469 e. The van der Waals surface area contributed by atoms with Gasteiger partial charge in [0, 0.05) is 30.8 Å². The molecule has 1 amide bonds. The van der Waals surface area contributed by atoms with Gasteiger partial charge in [-0.2, -0.15) is 0 Å². The average molecular weight is 425 g/mol. The van der Waals surface area contributed by atoms with Gasteiger partial charge in [-0.25, -0.2) is 0 Å². The Hall–Kier alpha value is -2.70. The molecule has 1 aliphatic heterocycles. The van der Waals surface area contributed by atoms with Crippen LogP contribution in [0.4, 0.5) is 0 Å². The minimum absolute atomic E-state index is 0.0808. The number of rotatable bonds is 3. The average Bonchev–Trinajstić information content (AvgIpc) is 3.03. The summed E-state index contributed by atoms with van der Waals surface area (Å²) in [6.45, 7) is 0.578. The summed E-state index contributed by atoms with van der Waals surface area (Å²) >= 11 is 0. The lowest BCUT2D eigenvalue weighted by Gasteiger charge is -2.67. The first-order chi connectivity index (χ1) is 14.9. The van der Waals surface area contributed by atoms with E-state index in [1.54, 1.807) is 4.90 Å². The highest BCUT2D eigenvalue weighted by Gasteiger charge is 2.79. The summed E-state index contributed by atoms with van der Waals surface area (Å²) in [6.07, 6.45) is 4.05. The van der Waals surface area contributed by atoms with Crippen LogP contribution >= 0.6 is 0 Å². The molecule has 7 nitrogen and oxygen atoms in total. The number of methoxy groups -OCH3 is 2. The maximum absolute atomic E-state index is 13.7. The van der Waals surface area contributed by atoms with E-state index in [0.29, 0.717) is 31.4 Å². The van der Waals surface area contributed by atoms with E-state index in [1.807, 2.05) is 24.3 Å². The Labute approximate surface area is 181 Å². The lowest BCUT2D eigenvalue weighted by molar-refractivity contribution is -0.195. The third kappa shape index (κ3) is 2.19. The van der Waals surface area contributed by atoms with Gasteiger partial charge in [0.1, 0.15) is 5.78 Å². The van der Waals surface area contributed by atoms with Crippen molar-refractivity contribution < 1.29 is 28.7 Å². The van der Waals surface area contributed by atoms with Gasteiger partial charge in [0.2, 0.25) is 6.41 Å². The zero-order valence-corrected chi connectivity index (χ0v) is 17.9. The van der Waals surface area contributed by atoms with Gasteiger partial charge in [-0.05, 0) is 42.2 Å². The fourth-order valence-electron chi connectivity index (χ4n) is 7.95. The van der Waals surface area contributed by atoms with Crippen LogP contribution < -0.4 is 0 Å². The number of hydrogen-bond acceptors (Lipinski definition) is 6. The van der Waals surface area contributed by atoms with Gasteiger partial charge in [-0.1, -0.05) is 24.3 Å². The maximum atomic E-state index is 13.7. The lowest BCUT2D eigenvalue weighted by atomic mass is 9.39. The van der Waals surface area contributed by atoms with Crippen LogP contribution in [0.5, 0.6) is 0 Å². The van der Waals surface area contributed by atoms with E-state index in [1.165, 1.54) is 14.2 Å². The van der Waals surface area contributed by atoms with Crippen molar-refractivity contribution in [1.29, 1.82) is 0 Å². The Morgan fingerprint density at radius 3 is 2.58 bits per heavy atom. The van der Waals surface area contributed by atoms with Crippen molar-refractivity contribution in [3.05, 3.63) is 35.4 Å². The molecule has 4 aliphatic rings. The maximum Gasteiger partial charge on any atom is 0.314 e. The van der Waals surface area contributed by atoms with E-state index in [0.717, 1.165) is 24.8 Å². The quantitative estimate of drug-likeness (QED) is 0.544. The molecule has 5 rings (SSSR count). The topological polar surface area (TPSA) is 90.0 Å². The predicted molar refractivity (Wildman–Crippen MR) is 109 cm³/mol. The molecule has 0 radical (unpaired) electrons. The number of hydrogen-bond donors (Lipinski definition) is 0. The molecule has 31 heavy (non-hydrogen) atoms. The van der Waals surface area contributed by atoms with Crippen molar-refractivity contribution in [3.63, 3.8) is 0 Å².